The highest BCUT2D eigenvalue weighted by molar-refractivity contribution is 4.92. The molecule has 0 bridgehead atoms. The molecule has 1 N–H and O–H groups in total. The summed E-state index contributed by atoms with van der Waals surface area (Å²) in [6.45, 7) is 11.1. The number of hydrogen-bond donors (Lipinski definition) is 1. The van der Waals surface area contributed by atoms with E-state index in [0.717, 1.165) is 5.92 Å². The van der Waals surface area contributed by atoms with Crippen LogP contribution in [0.4, 0.5) is 0 Å². The summed E-state index contributed by atoms with van der Waals surface area (Å²) < 4.78 is 0. The fraction of sp³-hybridized carbons (Fsp3) is 1.00. The van der Waals surface area contributed by atoms with Crippen LogP contribution in [0.2, 0.25) is 0 Å². The van der Waals surface area contributed by atoms with Crippen LogP contribution < -0.4 is 5.32 Å². The van der Waals surface area contributed by atoms with E-state index < -0.39 is 0 Å². The second kappa shape index (κ2) is 5.31. The Balaban J connectivity index is 0.00000112. The SMILES string of the molecule is C.CC(C)CN1CCC2(CCNC2)CC1. The summed E-state index contributed by atoms with van der Waals surface area (Å²) in [7, 11) is 0. The Morgan fingerprint density at radius 1 is 1.20 bits per heavy atom. The van der Waals surface area contributed by atoms with E-state index in [1.807, 2.05) is 0 Å². The average Bonchev–Trinajstić information content (AvgIpc) is 2.58. The molecule has 2 fully saturated rings. The molecule has 2 aliphatic heterocycles. The number of piperidine rings is 1. The van der Waals surface area contributed by atoms with Crippen LogP contribution in [0.3, 0.4) is 0 Å². The number of nitrogens with zero attached hydrogens (tertiary/aromatic N) is 1. The van der Waals surface area contributed by atoms with Gasteiger partial charge in [0.15, 0.2) is 0 Å². The van der Waals surface area contributed by atoms with Gasteiger partial charge in [0.2, 0.25) is 0 Å². The van der Waals surface area contributed by atoms with E-state index in [0.29, 0.717) is 5.41 Å². The van der Waals surface area contributed by atoms with Crippen molar-refractivity contribution in [3.05, 3.63) is 0 Å². The largest absolute Gasteiger partial charge is 0.316 e. The lowest BCUT2D eigenvalue weighted by Gasteiger charge is -2.39. The zero-order chi connectivity index (χ0) is 10.0. The van der Waals surface area contributed by atoms with Gasteiger partial charge in [-0.15, -0.1) is 0 Å². The smallest absolute Gasteiger partial charge is 0.000924 e. The van der Waals surface area contributed by atoms with Crippen LogP contribution in [0, 0.1) is 11.3 Å². The van der Waals surface area contributed by atoms with Crippen LogP contribution >= 0.6 is 0 Å². The Hall–Kier alpha value is -0.0800. The van der Waals surface area contributed by atoms with Crippen molar-refractivity contribution in [2.75, 3.05) is 32.7 Å². The normalized spacial score (nSPS) is 25.8. The van der Waals surface area contributed by atoms with E-state index in [4.69, 9.17) is 0 Å². The van der Waals surface area contributed by atoms with Crippen molar-refractivity contribution in [3.63, 3.8) is 0 Å². The zero-order valence-corrected chi connectivity index (χ0v) is 9.68. The standard InChI is InChI=1S/C12H24N2.CH4/c1-11(2)9-14-7-4-12(5-8-14)3-6-13-10-12;/h11,13H,3-10H2,1-2H3;1H4. The molecule has 0 atom stereocenters. The molecule has 2 rings (SSSR count). The Morgan fingerprint density at radius 2 is 1.87 bits per heavy atom. The summed E-state index contributed by atoms with van der Waals surface area (Å²) in [5.41, 5.74) is 0.688. The molecule has 0 aromatic rings. The number of hydrogen-bond acceptors (Lipinski definition) is 2. The van der Waals surface area contributed by atoms with Crippen molar-refractivity contribution in [2.45, 2.75) is 40.5 Å². The summed E-state index contributed by atoms with van der Waals surface area (Å²) in [6.07, 6.45) is 4.27. The van der Waals surface area contributed by atoms with Crippen LogP contribution in [0.15, 0.2) is 0 Å². The Morgan fingerprint density at radius 3 is 2.33 bits per heavy atom. The van der Waals surface area contributed by atoms with Crippen LogP contribution in [0.1, 0.15) is 40.5 Å². The molecule has 0 unspecified atom stereocenters. The minimum Gasteiger partial charge on any atom is -0.316 e. The van der Waals surface area contributed by atoms with E-state index in [1.54, 1.807) is 0 Å². The van der Waals surface area contributed by atoms with Gasteiger partial charge in [0.1, 0.15) is 0 Å². The first-order valence-corrected chi connectivity index (χ1v) is 6.13. The maximum atomic E-state index is 3.52. The van der Waals surface area contributed by atoms with Crippen LogP contribution in [-0.4, -0.2) is 37.6 Å². The first kappa shape index (κ1) is 13.0. The molecular formula is C13H28N2. The third-order valence-electron chi connectivity index (χ3n) is 3.87. The van der Waals surface area contributed by atoms with Crippen LogP contribution in [0.25, 0.3) is 0 Å². The molecule has 2 aliphatic rings. The average molecular weight is 212 g/mol. The molecular weight excluding hydrogens is 184 g/mol. The minimum atomic E-state index is 0. The highest BCUT2D eigenvalue weighted by atomic mass is 15.1. The van der Waals surface area contributed by atoms with Gasteiger partial charge in [-0.25, -0.2) is 0 Å². The van der Waals surface area contributed by atoms with E-state index in [9.17, 15) is 0 Å². The van der Waals surface area contributed by atoms with Gasteiger partial charge in [-0.3, -0.25) is 0 Å². The molecule has 15 heavy (non-hydrogen) atoms. The molecule has 0 radical (unpaired) electrons. The molecule has 0 aliphatic carbocycles. The first-order chi connectivity index (χ1) is 6.70. The van der Waals surface area contributed by atoms with Crippen LogP contribution in [-0.2, 0) is 0 Å². The molecule has 0 saturated carbocycles. The van der Waals surface area contributed by atoms with E-state index in [-0.39, 0.29) is 7.43 Å². The molecule has 0 aromatic carbocycles. The van der Waals surface area contributed by atoms with Crippen molar-refractivity contribution < 1.29 is 0 Å². The molecule has 2 heteroatoms. The molecule has 2 nitrogen and oxygen atoms in total. The highest BCUT2D eigenvalue weighted by Gasteiger charge is 2.36. The van der Waals surface area contributed by atoms with Crippen molar-refractivity contribution in [1.82, 2.24) is 10.2 Å². The monoisotopic (exact) mass is 212 g/mol. The van der Waals surface area contributed by atoms with E-state index in [2.05, 4.69) is 24.1 Å². The van der Waals surface area contributed by atoms with Gasteiger partial charge < -0.3 is 10.2 Å². The zero-order valence-electron chi connectivity index (χ0n) is 9.68. The predicted octanol–water partition coefficient (Wildman–Crippen LogP) is 2.35. The molecule has 90 valence electrons. The minimum absolute atomic E-state index is 0. The Bertz CT molecular complexity index is 173. The molecule has 0 amide bonds. The second-order valence-corrected chi connectivity index (χ2v) is 5.62. The lowest BCUT2D eigenvalue weighted by molar-refractivity contribution is 0.109. The Kier molecular flexibility index (Phi) is 4.60. The van der Waals surface area contributed by atoms with Gasteiger partial charge in [0, 0.05) is 13.1 Å². The van der Waals surface area contributed by atoms with Gasteiger partial charge in [0.05, 0.1) is 0 Å². The number of likely N-dealkylation sites (tertiary alicyclic amines) is 1. The van der Waals surface area contributed by atoms with Gasteiger partial charge in [0.25, 0.3) is 0 Å². The predicted molar refractivity (Wildman–Crippen MR) is 67.2 cm³/mol. The van der Waals surface area contributed by atoms with Crippen molar-refractivity contribution >= 4 is 0 Å². The lowest BCUT2D eigenvalue weighted by Crippen LogP contribution is -2.42. The molecule has 2 heterocycles. The maximum Gasteiger partial charge on any atom is 0.000924 e. The second-order valence-electron chi connectivity index (χ2n) is 5.62. The Labute approximate surface area is 95.4 Å². The quantitative estimate of drug-likeness (QED) is 0.756. The summed E-state index contributed by atoms with van der Waals surface area (Å²) in [5, 5.41) is 3.52. The van der Waals surface area contributed by atoms with Gasteiger partial charge in [-0.1, -0.05) is 21.3 Å². The fourth-order valence-corrected chi connectivity index (χ4v) is 2.95. The lowest BCUT2D eigenvalue weighted by atomic mass is 9.78. The topological polar surface area (TPSA) is 15.3 Å². The summed E-state index contributed by atoms with van der Waals surface area (Å²) >= 11 is 0. The third kappa shape index (κ3) is 3.18. The van der Waals surface area contributed by atoms with Gasteiger partial charge in [-0.2, -0.15) is 0 Å². The summed E-state index contributed by atoms with van der Waals surface area (Å²) in [4.78, 5) is 2.65. The molecule has 2 saturated heterocycles. The summed E-state index contributed by atoms with van der Waals surface area (Å²) in [5.74, 6) is 0.825. The van der Waals surface area contributed by atoms with Crippen molar-refractivity contribution in [1.29, 1.82) is 0 Å². The first-order valence-electron chi connectivity index (χ1n) is 6.13. The third-order valence-corrected chi connectivity index (χ3v) is 3.87. The van der Waals surface area contributed by atoms with Crippen molar-refractivity contribution in [3.8, 4) is 0 Å². The van der Waals surface area contributed by atoms with Crippen molar-refractivity contribution in [2.24, 2.45) is 11.3 Å². The van der Waals surface area contributed by atoms with E-state index in [1.165, 1.54) is 52.0 Å². The molecule has 0 aromatic heterocycles. The van der Waals surface area contributed by atoms with Crippen LogP contribution in [0.5, 0.6) is 0 Å². The summed E-state index contributed by atoms with van der Waals surface area (Å²) in [6, 6.07) is 0. The maximum absolute atomic E-state index is 3.52. The highest BCUT2D eigenvalue weighted by Crippen LogP contribution is 2.36. The van der Waals surface area contributed by atoms with Gasteiger partial charge >= 0.3 is 0 Å². The molecule has 1 spiro atoms. The number of rotatable bonds is 2. The number of nitrogens with one attached hydrogen (secondary N) is 1. The fourth-order valence-electron chi connectivity index (χ4n) is 2.95. The van der Waals surface area contributed by atoms with E-state index >= 15 is 0 Å². The van der Waals surface area contributed by atoms with Gasteiger partial charge in [-0.05, 0) is 50.2 Å².